The predicted octanol–water partition coefficient (Wildman–Crippen LogP) is 9.30. The Labute approximate surface area is 196 Å². The van der Waals surface area contributed by atoms with Crippen LogP contribution in [-0.4, -0.2) is 4.43 Å². The first-order valence-electron chi connectivity index (χ1n) is 11.8. The summed E-state index contributed by atoms with van der Waals surface area (Å²) in [5.41, 5.74) is 9.26. The molecule has 158 valence electrons. The van der Waals surface area contributed by atoms with Gasteiger partial charge in [-0.05, 0) is 76.1 Å². The van der Waals surface area contributed by atoms with Crippen molar-refractivity contribution < 1.29 is 0 Å². The number of aryl methyl sites for hydroxylation is 2. The second-order valence-corrected chi connectivity index (χ2v) is 10.3. The third kappa shape index (κ3) is 3.83. The highest BCUT2D eigenvalue weighted by molar-refractivity contribution is 14.1. The van der Waals surface area contributed by atoms with Gasteiger partial charge in [-0.25, -0.2) is 0 Å². The third-order valence-corrected chi connectivity index (χ3v) is 7.93. The van der Waals surface area contributed by atoms with Crippen molar-refractivity contribution in [2.45, 2.75) is 77.6 Å². The van der Waals surface area contributed by atoms with Gasteiger partial charge in [-0.1, -0.05) is 116 Å². The molecule has 0 nitrogen and oxygen atoms in total. The molecular formula is C29H35I. The number of hydrogen-bond donors (Lipinski definition) is 0. The molecule has 1 unspecified atom stereocenters. The van der Waals surface area contributed by atoms with Gasteiger partial charge < -0.3 is 0 Å². The van der Waals surface area contributed by atoms with Crippen LogP contribution in [0.5, 0.6) is 0 Å². The smallest absolute Gasteiger partial charge is 0.0215 e. The number of alkyl halides is 1. The number of halogens is 1. The second kappa shape index (κ2) is 9.42. The molecule has 0 spiro atoms. The fraction of sp³-hybridized carbons (Fsp3) is 0.448. The van der Waals surface area contributed by atoms with Gasteiger partial charge in [0.05, 0.1) is 0 Å². The van der Waals surface area contributed by atoms with Gasteiger partial charge in [0.2, 0.25) is 0 Å². The van der Waals surface area contributed by atoms with E-state index in [9.17, 15) is 0 Å². The van der Waals surface area contributed by atoms with Gasteiger partial charge >= 0.3 is 0 Å². The zero-order valence-electron chi connectivity index (χ0n) is 18.9. The maximum Gasteiger partial charge on any atom is 0.0215 e. The van der Waals surface area contributed by atoms with Crippen molar-refractivity contribution in [3.63, 3.8) is 0 Å². The molecule has 0 amide bonds. The average Bonchev–Trinajstić information content (AvgIpc) is 3.01. The summed E-state index contributed by atoms with van der Waals surface area (Å²) in [6.45, 7) is 6.89. The lowest BCUT2D eigenvalue weighted by Gasteiger charge is -2.33. The summed E-state index contributed by atoms with van der Waals surface area (Å²) in [6.07, 6.45) is 10.5. The van der Waals surface area contributed by atoms with E-state index in [1.165, 1.54) is 88.8 Å². The molecule has 3 aromatic rings. The molecule has 30 heavy (non-hydrogen) atoms. The molecule has 3 aromatic carbocycles. The number of unbranched alkanes of at least 4 members (excludes halogenated alkanes) is 4. The van der Waals surface area contributed by atoms with E-state index in [0.29, 0.717) is 0 Å². The minimum atomic E-state index is 0.186. The number of rotatable bonds is 9. The Morgan fingerprint density at radius 2 is 1.50 bits per heavy atom. The minimum absolute atomic E-state index is 0.186. The van der Waals surface area contributed by atoms with E-state index in [1.54, 1.807) is 11.1 Å². The van der Waals surface area contributed by atoms with Gasteiger partial charge in [-0.3, -0.25) is 0 Å². The monoisotopic (exact) mass is 510 g/mol. The summed E-state index contributed by atoms with van der Waals surface area (Å²) in [5.74, 6) is 0. The van der Waals surface area contributed by atoms with Crippen molar-refractivity contribution >= 4 is 33.4 Å². The standard InChI is InChI=1S/C29H35I/c1-4-5-6-9-16-29(17-10-11-18-30)26-19-21(2)14-15-25(26)28-24-13-8-7-12-23(24)22(3)20-27(28)29/h7-8,12-15,19-20H,4-6,9-11,16-18H2,1-3H3. The van der Waals surface area contributed by atoms with Gasteiger partial charge in [0, 0.05) is 5.41 Å². The van der Waals surface area contributed by atoms with Crippen molar-refractivity contribution in [1.82, 2.24) is 0 Å². The van der Waals surface area contributed by atoms with Crippen LogP contribution in [-0.2, 0) is 5.41 Å². The molecule has 0 saturated carbocycles. The molecule has 0 saturated heterocycles. The van der Waals surface area contributed by atoms with E-state index in [2.05, 4.69) is 91.9 Å². The number of fused-ring (bicyclic) bond motifs is 5. The van der Waals surface area contributed by atoms with Crippen molar-refractivity contribution in [2.75, 3.05) is 4.43 Å². The lowest BCUT2D eigenvalue weighted by atomic mass is 9.70. The van der Waals surface area contributed by atoms with Crippen molar-refractivity contribution in [3.8, 4) is 11.1 Å². The van der Waals surface area contributed by atoms with Crippen molar-refractivity contribution in [1.29, 1.82) is 0 Å². The Balaban J connectivity index is 1.94. The molecule has 1 heteroatoms. The highest BCUT2D eigenvalue weighted by Crippen LogP contribution is 2.56. The summed E-state index contributed by atoms with van der Waals surface area (Å²) in [4.78, 5) is 0. The molecule has 1 aliphatic carbocycles. The molecule has 0 bridgehead atoms. The van der Waals surface area contributed by atoms with Crippen LogP contribution in [0.4, 0.5) is 0 Å². The lowest BCUT2D eigenvalue weighted by molar-refractivity contribution is 0.408. The lowest BCUT2D eigenvalue weighted by Crippen LogP contribution is -2.26. The Kier molecular flexibility index (Phi) is 6.87. The molecule has 0 aromatic heterocycles. The van der Waals surface area contributed by atoms with Gasteiger partial charge in [-0.15, -0.1) is 0 Å². The fourth-order valence-electron chi connectivity index (χ4n) is 5.68. The maximum absolute atomic E-state index is 2.55. The van der Waals surface area contributed by atoms with Crippen molar-refractivity contribution in [3.05, 3.63) is 70.8 Å². The minimum Gasteiger partial charge on any atom is -0.0864 e. The molecule has 0 fully saturated rings. The van der Waals surface area contributed by atoms with Crippen LogP contribution in [0.1, 0.15) is 80.5 Å². The molecule has 4 rings (SSSR count). The summed E-state index contributed by atoms with van der Waals surface area (Å²) >= 11 is 2.54. The van der Waals surface area contributed by atoms with Crippen LogP contribution in [0.2, 0.25) is 0 Å². The Morgan fingerprint density at radius 1 is 0.767 bits per heavy atom. The SMILES string of the molecule is CCCCCCC1(CCCCI)c2cc(C)ccc2-c2c1cc(C)c1ccccc21. The Hall–Kier alpha value is -1.35. The van der Waals surface area contributed by atoms with Gasteiger partial charge in [0.25, 0.3) is 0 Å². The highest BCUT2D eigenvalue weighted by Gasteiger charge is 2.43. The molecule has 0 heterocycles. The molecule has 0 N–H and O–H groups in total. The summed E-state index contributed by atoms with van der Waals surface area (Å²) in [6, 6.07) is 18.9. The van der Waals surface area contributed by atoms with E-state index >= 15 is 0 Å². The van der Waals surface area contributed by atoms with Crippen LogP contribution >= 0.6 is 22.6 Å². The summed E-state index contributed by atoms with van der Waals surface area (Å²) in [7, 11) is 0. The first kappa shape index (κ1) is 21.9. The van der Waals surface area contributed by atoms with E-state index in [1.807, 2.05) is 0 Å². The van der Waals surface area contributed by atoms with Crippen LogP contribution in [0.25, 0.3) is 21.9 Å². The first-order valence-corrected chi connectivity index (χ1v) is 13.3. The molecule has 1 aliphatic rings. The van der Waals surface area contributed by atoms with Gasteiger partial charge in [0.1, 0.15) is 0 Å². The fourth-order valence-corrected chi connectivity index (χ4v) is 6.22. The van der Waals surface area contributed by atoms with Gasteiger partial charge in [-0.2, -0.15) is 0 Å². The highest BCUT2D eigenvalue weighted by atomic mass is 127. The first-order chi connectivity index (χ1) is 14.6. The number of hydrogen-bond acceptors (Lipinski definition) is 0. The van der Waals surface area contributed by atoms with Crippen molar-refractivity contribution in [2.24, 2.45) is 0 Å². The zero-order valence-corrected chi connectivity index (χ0v) is 21.0. The predicted molar refractivity (Wildman–Crippen MR) is 141 cm³/mol. The third-order valence-electron chi connectivity index (χ3n) is 7.17. The van der Waals surface area contributed by atoms with Crippen LogP contribution in [0, 0.1) is 13.8 Å². The maximum atomic E-state index is 2.55. The number of benzene rings is 3. The summed E-state index contributed by atoms with van der Waals surface area (Å²) in [5, 5.41) is 2.86. The van der Waals surface area contributed by atoms with E-state index in [-0.39, 0.29) is 5.41 Å². The summed E-state index contributed by atoms with van der Waals surface area (Å²) < 4.78 is 1.26. The zero-order chi connectivity index (χ0) is 21.1. The van der Waals surface area contributed by atoms with Crippen LogP contribution in [0.15, 0.2) is 48.5 Å². The Morgan fingerprint density at radius 3 is 2.23 bits per heavy atom. The normalized spacial score (nSPS) is 17.3. The van der Waals surface area contributed by atoms with Crippen LogP contribution in [0.3, 0.4) is 0 Å². The molecule has 1 atom stereocenters. The Bertz CT molecular complexity index is 1030. The van der Waals surface area contributed by atoms with E-state index in [0.717, 1.165) is 0 Å². The van der Waals surface area contributed by atoms with E-state index < -0.39 is 0 Å². The van der Waals surface area contributed by atoms with Gasteiger partial charge in [0.15, 0.2) is 0 Å². The largest absolute Gasteiger partial charge is 0.0864 e. The van der Waals surface area contributed by atoms with E-state index in [4.69, 9.17) is 0 Å². The molecule has 0 radical (unpaired) electrons. The quantitative estimate of drug-likeness (QED) is 0.153. The second-order valence-electron chi connectivity index (χ2n) is 9.25. The van der Waals surface area contributed by atoms with Crippen LogP contribution < -0.4 is 0 Å². The molecular weight excluding hydrogens is 475 g/mol. The topological polar surface area (TPSA) is 0 Å². The average molecular weight is 511 g/mol. The molecule has 0 aliphatic heterocycles.